The fourth-order valence-corrected chi connectivity index (χ4v) is 6.68. The van der Waals surface area contributed by atoms with Crippen molar-refractivity contribution in [3.05, 3.63) is 97.1 Å². The molecule has 55 heavy (non-hydrogen) atoms. The quantitative estimate of drug-likeness (QED) is 0.0702. The molecule has 0 N–H and O–H groups in total. The number of hydrogen-bond acceptors (Lipinski definition) is 8. The molecule has 0 aliphatic carbocycles. The summed E-state index contributed by atoms with van der Waals surface area (Å²) in [6, 6.07) is 19.4. The Morgan fingerprint density at radius 3 is 1.65 bits per heavy atom. The number of imide groups is 2. The SMILES string of the molecule is C=CCBr.C=CC[C@@H](CCCN(CC)CC)C(=O)N1C(=O)OC[C@@H]1Cc1ccccc1.CCN(CC)CCCCC(=O)N1C(=O)OC[C@@H]1Cc1ccccc1. The highest BCUT2D eigenvalue weighted by Gasteiger charge is 2.40. The summed E-state index contributed by atoms with van der Waals surface area (Å²) in [5, 5.41) is 0.896. The Kier molecular flexibility index (Phi) is 23.9. The van der Waals surface area contributed by atoms with E-state index in [-0.39, 0.29) is 36.4 Å². The van der Waals surface area contributed by atoms with E-state index < -0.39 is 12.2 Å². The van der Waals surface area contributed by atoms with E-state index in [1.165, 1.54) is 9.80 Å². The summed E-state index contributed by atoms with van der Waals surface area (Å²) in [5.74, 6) is -0.460. The predicted molar refractivity (Wildman–Crippen MR) is 225 cm³/mol. The molecule has 2 saturated heterocycles. The smallest absolute Gasteiger partial charge is 0.416 e. The van der Waals surface area contributed by atoms with E-state index in [1.807, 2.05) is 60.7 Å². The van der Waals surface area contributed by atoms with E-state index in [0.717, 1.165) is 81.4 Å². The molecule has 11 heteroatoms. The first kappa shape index (κ1) is 47.4. The molecule has 4 rings (SSSR count). The van der Waals surface area contributed by atoms with Gasteiger partial charge in [-0.2, -0.15) is 0 Å². The molecule has 2 aromatic carbocycles. The van der Waals surface area contributed by atoms with E-state index in [2.05, 4.69) is 66.6 Å². The summed E-state index contributed by atoms with van der Waals surface area (Å²) >= 11 is 3.13. The van der Waals surface area contributed by atoms with Gasteiger partial charge in [0.25, 0.3) is 0 Å². The topological polar surface area (TPSA) is 99.7 Å². The molecule has 0 unspecified atom stereocenters. The molecule has 2 aromatic rings. The predicted octanol–water partition coefficient (Wildman–Crippen LogP) is 8.55. The minimum absolute atomic E-state index is 0.113. The monoisotopic (exact) mass is 824 g/mol. The highest BCUT2D eigenvalue weighted by molar-refractivity contribution is 9.09. The lowest BCUT2D eigenvalue weighted by Crippen LogP contribution is -2.43. The van der Waals surface area contributed by atoms with Gasteiger partial charge in [0.1, 0.15) is 13.2 Å². The number of halogens is 1. The molecule has 0 bridgehead atoms. The van der Waals surface area contributed by atoms with Crippen molar-refractivity contribution in [2.75, 3.05) is 57.8 Å². The van der Waals surface area contributed by atoms with Crippen molar-refractivity contribution in [3.8, 4) is 0 Å². The summed E-state index contributed by atoms with van der Waals surface area (Å²) in [5.41, 5.74) is 2.21. The molecular weight excluding hydrogens is 760 g/mol. The molecule has 0 saturated carbocycles. The number of amides is 4. The number of cyclic esters (lactones) is 2. The van der Waals surface area contributed by atoms with Gasteiger partial charge >= 0.3 is 12.2 Å². The van der Waals surface area contributed by atoms with Gasteiger partial charge in [0, 0.05) is 17.7 Å². The van der Waals surface area contributed by atoms with Crippen LogP contribution in [0.2, 0.25) is 0 Å². The van der Waals surface area contributed by atoms with E-state index in [9.17, 15) is 19.2 Å². The third-order valence-corrected chi connectivity index (χ3v) is 10.4. The Bertz CT molecular complexity index is 1420. The Morgan fingerprint density at radius 2 is 1.20 bits per heavy atom. The molecule has 0 spiro atoms. The van der Waals surface area contributed by atoms with Crippen LogP contribution in [0.3, 0.4) is 0 Å². The average molecular weight is 826 g/mol. The number of alkyl halides is 1. The number of rotatable bonds is 21. The van der Waals surface area contributed by atoms with E-state index in [0.29, 0.717) is 32.3 Å². The number of nitrogens with zero attached hydrogens (tertiary/aromatic N) is 4. The first-order valence-corrected chi connectivity index (χ1v) is 21.1. The molecule has 4 amide bonds. The molecule has 304 valence electrons. The third kappa shape index (κ3) is 16.8. The normalized spacial score (nSPS) is 16.8. The summed E-state index contributed by atoms with van der Waals surface area (Å²) in [7, 11) is 0. The van der Waals surface area contributed by atoms with Gasteiger partial charge in [0.15, 0.2) is 0 Å². The Labute approximate surface area is 339 Å². The molecule has 2 fully saturated rings. The lowest BCUT2D eigenvalue weighted by molar-refractivity contribution is -0.133. The fraction of sp³-hybridized carbons (Fsp3) is 0.545. The van der Waals surface area contributed by atoms with Crippen molar-refractivity contribution >= 4 is 39.9 Å². The first-order chi connectivity index (χ1) is 26.7. The van der Waals surface area contributed by atoms with Crippen LogP contribution in [0.25, 0.3) is 0 Å². The lowest BCUT2D eigenvalue weighted by Gasteiger charge is -2.25. The van der Waals surface area contributed by atoms with Crippen LogP contribution >= 0.6 is 15.9 Å². The molecule has 10 nitrogen and oxygen atoms in total. The summed E-state index contributed by atoms with van der Waals surface area (Å²) in [6.07, 6.45) is 8.27. The van der Waals surface area contributed by atoms with Crippen LogP contribution in [0.15, 0.2) is 86.0 Å². The van der Waals surface area contributed by atoms with Crippen LogP contribution in [-0.2, 0) is 31.9 Å². The van der Waals surface area contributed by atoms with E-state index in [1.54, 1.807) is 12.2 Å². The number of hydrogen-bond donors (Lipinski definition) is 0. The zero-order valence-electron chi connectivity index (χ0n) is 33.7. The zero-order valence-corrected chi connectivity index (χ0v) is 35.3. The van der Waals surface area contributed by atoms with Crippen molar-refractivity contribution < 1.29 is 28.7 Å². The maximum atomic E-state index is 13.1. The second-order valence-electron chi connectivity index (χ2n) is 13.6. The second kappa shape index (κ2) is 27.7. The van der Waals surface area contributed by atoms with Gasteiger partial charge in [-0.05, 0) is 95.3 Å². The van der Waals surface area contributed by atoms with Crippen LogP contribution < -0.4 is 0 Å². The van der Waals surface area contributed by atoms with Crippen LogP contribution in [0.5, 0.6) is 0 Å². The fourth-order valence-electron chi connectivity index (χ4n) is 6.68. The van der Waals surface area contributed by atoms with Crippen molar-refractivity contribution in [3.63, 3.8) is 0 Å². The molecule has 0 radical (unpaired) electrons. The van der Waals surface area contributed by atoms with Gasteiger partial charge in [-0.3, -0.25) is 9.59 Å². The third-order valence-electron chi connectivity index (χ3n) is 9.90. The van der Waals surface area contributed by atoms with Crippen LogP contribution in [0.4, 0.5) is 9.59 Å². The van der Waals surface area contributed by atoms with Gasteiger partial charge in [-0.15, -0.1) is 13.2 Å². The van der Waals surface area contributed by atoms with Crippen molar-refractivity contribution in [2.24, 2.45) is 5.92 Å². The van der Waals surface area contributed by atoms with Crippen molar-refractivity contribution in [1.82, 2.24) is 19.6 Å². The van der Waals surface area contributed by atoms with Crippen LogP contribution in [0, 0.1) is 5.92 Å². The maximum Gasteiger partial charge on any atom is 0.416 e. The lowest BCUT2D eigenvalue weighted by atomic mass is 9.96. The summed E-state index contributed by atoms with van der Waals surface area (Å²) < 4.78 is 10.3. The minimum Gasteiger partial charge on any atom is -0.447 e. The largest absolute Gasteiger partial charge is 0.447 e. The van der Waals surface area contributed by atoms with Crippen LogP contribution in [0.1, 0.15) is 77.3 Å². The van der Waals surface area contributed by atoms with Crippen molar-refractivity contribution in [1.29, 1.82) is 0 Å². The van der Waals surface area contributed by atoms with Gasteiger partial charge < -0.3 is 19.3 Å². The summed E-state index contributed by atoms with van der Waals surface area (Å²) in [4.78, 5) is 57.1. The van der Waals surface area contributed by atoms with Gasteiger partial charge in [-0.25, -0.2) is 19.4 Å². The molecule has 0 aromatic heterocycles. The zero-order chi connectivity index (χ0) is 40.4. The van der Waals surface area contributed by atoms with Gasteiger partial charge in [0.2, 0.25) is 11.8 Å². The minimum atomic E-state index is -0.515. The molecule has 2 aliphatic heterocycles. The number of ether oxygens (including phenoxy) is 2. The highest BCUT2D eigenvalue weighted by Crippen LogP contribution is 2.24. The van der Waals surface area contributed by atoms with E-state index in [4.69, 9.17) is 9.47 Å². The maximum absolute atomic E-state index is 13.1. The van der Waals surface area contributed by atoms with Crippen LogP contribution in [-0.4, -0.2) is 113 Å². The number of benzene rings is 2. The summed E-state index contributed by atoms with van der Waals surface area (Å²) in [6.45, 7) is 22.4. The standard InChI is InChI=1S/C22H32N2O3.C19H28N2O3.C3H5Br/c1-4-11-19(14-10-15-23(5-2)6-3)21(25)24-20(17-27-22(24)26)16-18-12-8-7-9-13-18;1-3-20(4-2)13-9-8-12-18(22)21-17(15-24-19(21)23)14-16-10-6-5-7-11-16;1-2-3-4/h4,7-9,12-13,19-20H,1,5-6,10-11,14-17H2,2-3H3;5-7,10-11,17H,3-4,8-9,12-15H2,1-2H3;2H,1,3H2/t19-,20-;17-;/m00./s1. The highest BCUT2D eigenvalue weighted by atomic mass is 79.9. The number of unbranched alkanes of at least 4 members (excludes halogenated alkanes) is 1. The molecule has 2 heterocycles. The molecule has 3 atom stereocenters. The van der Waals surface area contributed by atoms with Gasteiger partial charge in [0.05, 0.1) is 12.1 Å². The number of carbonyl (C=O) groups is 4. The molecular formula is C44H65BrN4O6. The van der Waals surface area contributed by atoms with E-state index >= 15 is 0 Å². The van der Waals surface area contributed by atoms with Crippen molar-refractivity contribution in [2.45, 2.75) is 91.1 Å². The average Bonchev–Trinajstić information content (AvgIpc) is 3.76. The number of allylic oxidation sites excluding steroid dienone is 2. The molecule has 2 aliphatic rings. The number of carbonyl (C=O) groups excluding carboxylic acids is 4. The Hall–Kier alpha value is -3.80. The first-order valence-electron chi connectivity index (χ1n) is 20.0. The van der Waals surface area contributed by atoms with Gasteiger partial charge in [-0.1, -0.05) is 116 Å². The Balaban J connectivity index is 0.000000348. The second-order valence-corrected chi connectivity index (χ2v) is 14.3. The Morgan fingerprint density at radius 1 is 0.745 bits per heavy atom.